The number of hydrogen-bond donors (Lipinski definition) is 0. The number of nitro benzene ring substituents is 1. The summed E-state index contributed by atoms with van der Waals surface area (Å²) in [5.74, 6) is 0.389. The molecule has 0 spiro atoms. The lowest BCUT2D eigenvalue weighted by Crippen LogP contribution is -2.01. The lowest BCUT2D eigenvalue weighted by atomic mass is 10.2. The molecule has 0 fully saturated rings. The van der Waals surface area contributed by atoms with Gasteiger partial charge in [-0.1, -0.05) is 18.2 Å². The number of non-ortho nitro benzene ring substituents is 1. The second-order valence-corrected chi connectivity index (χ2v) is 6.20. The average Bonchev–Trinajstić information content (AvgIpc) is 2.48. The highest BCUT2D eigenvalue weighted by Gasteiger charge is 2.15. The van der Waals surface area contributed by atoms with Gasteiger partial charge in [0.25, 0.3) is 15.8 Å². The van der Waals surface area contributed by atoms with Crippen molar-refractivity contribution < 1.29 is 18.1 Å². The summed E-state index contributed by atoms with van der Waals surface area (Å²) in [6.45, 7) is 0. The van der Waals surface area contributed by atoms with Gasteiger partial charge in [0, 0.05) is 17.7 Å². The Balaban J connectivity index is 1.97. The van der Waals surface area contributed by atoms with E-state index in [-0.39, 0.29) is 11.3 Å². The van der Waals surface area contributed by atoms with E-state index < -0.39 is 20.2 Å². The van der Waals surface area contributed by atoms with Gasteiger partial charge >= 0.3 is 0 Å². The molecule has 108 valence electrons. The molecule has 0 heterocycles. The Bertz CT molecular complexity index is 673. The third kappa shape index (κ3) is 4.40. The van der Waals surface area contributed by atoms with Crippen LogP contribution in [0.4, 0.5) is 5.69 Å². The van der Waals surface area contributed by atoms with Crippen LogP contribution in [0.25, 0.3) is 0 Å². The highest BCUT2D eigenvalue weighted by molar-refractivity contribution is 8.74. The number of nitro groups is 1. The Morgan fingerprint density at radius 1 is 1.10 bits per heavy atom. The monoisotopic (exact) mass is 323 g/mol. The van der Waals surface area contributed by atoms with E-state index in [0.717, 1.165) is 0 Å². The van der Waals surface area contributed by atoms with Gasteiger partial charge in [-0.2, -0.15) is 0 Å². The van der Waals surface area contributed by atoms with Crippen molar-refractivity contribution in [2.75, 3.05) is 0 Å². The van der Waals surface area contributed by atoms with Gasteiger partial charge in [0.05, 0.1) is 15.7 Å². The van der Waals surface area contributed by atoms with E-state index in [1.807, 2.05) is 0 Å². The molecule has 21 heavy (non-hydrogen) atoms. The largest absolute Gasteiger partial charge is 0.392 e. The van der Waals surface area contributed by atoms with Crippen LogP contribution >= 0.6 is 10.8 Å². The summed E-state index contributed by atoms with van der Waals surface area (Å²) in [5, 5.41) is 10.0. The van der Waals surface area contributed by atoms with E-state index in [0.29, 0.717) is 16.5 Å². The molecule has 1 atom stereocenters. The van der Waals surface area contributed by atoms with Gasteiger partial charge < -0.3 is 4.18 Å². The van der Waals surface area contributed by atoms with Crippen molar-refractivity contribution in [3.8, 4) is 5.75 Å². The minimum absolute atomic E-state index is 0.113. The number of carbonyl (C=O) groups excluding carboxylic acids is 1. The topological polar surface area (TPSA) is 86.5 Å². The number of para-hydroxylation sites is 1. The van der Waals surface area contributed by atoms with Crippen LogP contribution < -0.4 is 4.18 Å². The lowest BCUT2D eigenvalue weighted by molar-refractivity contribution is -0.384. The molecule has 6 nitrogen and oxygen atoms in total. The summed E-state index contributed by atoms with van der Waals surface area (Å²) in [5.41, 5.74) is 0.105. The quantitative estimate of drug-likeness (QED) is 0.477. The van der Waals surface area contributed by atoms with Gasteiger partial charge in [0.1, 0.15) is 5.75 Å². The minimum Gasteiger partial charge on any atom is -0.392 e. The molecule has 0 aliphatic heterocycles. The van der Waals surface area contributed by atoms with Gasteiger partial charge in [-0.25, -0.2) is 4.21 Å². The maximum atomic E-state index is 11.8. The standard InChI is InChI=1S/C13H9NO5S2/c15-13(10-6-8-11(9-7-10)14(16)17)20-21(18)19-12-4-2-1-3-5-12/h1-9H. The third-order valence-corrected chi connectivity index (χ3v) is 4.28. The zero-order chi connectivity index (χ0) is 15.2. The normalized spacial score (nSPS) is 11.6. The summed E-state index contributed by atoms with van der Waals surface area (Å²) < 4.78 is 16.8. The number of benzene rings is 2. The molecule has 0 saturated heterocycles. The maximum absolute atomic E-state index is 11.8. The molecule has 0 radical (unpaired) electrons. The van der Waals surface area contributed by atoms with Crippen LogP contribution in [-0.2, 0) is 10.1 Å². The summed E-state index contributed by atoms with van der Waals surface area (Å²) in [6.07, 6.45) is 0. The molecular weight excluding hydrogens is 314 g/mol. The van der Waals surface area contributed by atoms with Crippen molar-refractivity contribution >= 4 is 31.7 Å². The van der Waals surface area contributed by atoms with E-state index in [1.165, 1.54) is 24.3 Å². The first kappa shape index (κ1) is 15.2. The van der Waals surface area contributed by atoms with Crippen molar-refractivity contribution in [3.05, 3.63) is 70.3 Å². The van der Waals surface area contributed by atoms with Gasteiger partial charge in [0.15, 0.2) is 0 Å². The van der Waals surface area contributed by atoms with Crippen LogP contribution in [0.3, 0.4) is 0 Å². The molecule has 1 unspecified atom stereocenters. The third-order valence-electron chi connectivity index (χ3n) is 2.37. The average molecular weight is 323 g/mol. The van der Waals surface area contributed by atoms with Gasteiger partial charge in [-0.05, 0) is 24.3 Å². The fourth-order valence-corrected chi connectivity index (χ4v) is 3.06. The molecular formula is C13H9NO5S2. The van der Waals surface area contributed by atoms with Crippen molar-refractivity contribution in [3.63, 3.8) is 0 Å². The van der Waals surface area contributed by atoms with Gasteiger partial charge in [-0.15, -0.1) is 0 Å². The zero-order valence-electron chi connectivity index (χ0n) is 10.5. The summed E-state index contributed by atoms with van der Waals surface area (Å²) in [6, 6.07) is 13.5. The van der Waals surface area contributed by atoms with E-state index in [1.54, 1.807) is 30.3 Å². The van der Waals surface area contributed by atoms with Gasteiger partial charge in [-0.3, -0.25) is 14.9 Å². The van der Waals surface area contributed by atoms with E-state index in [4.69, 9.17) is 4.18 Å². The highest BCUT2D eigenvalue weighted by atomic mass is 33.1. The van der Waals surface area contributed by atoms with Crippen LogP contribution in [0.2, 0.25) is 0 Å². The van der Waals surface area contributed by atoms with Crippen LogP contribution in [-0.4, -0.2) is 14.2 Å². The predicted octanol–water partition coefficient (Wildman–Crippen LogP) is 3.13. The summed E-state index contributed by atoms with van der Waals surface area (Å²) in [4.78, 5) is 21.8. The maximum Gasteiger partial charge on any atom is 0.279 e. The van der Waals surface area contributed by atoms with Crippen LogP contribution in [0.1, 0.15) is 10.4 Å². The summed E-state index contributed by atoms with van der Waals surface area (Å²) >= 11 is 0. The molecule has 2 aromatic carbocycles. The van der Waals surface area contributed by atoms with E-state index >= 15 is 0 Å². The number of carbonyl (C=O) groups is 1. The Morgan fingerprint density at radius 3 is 2.29 bits per heavy atom. The molecule has 0 aromatic heterocycles. The predicted molar refractivity (Wildman–Crippen MR) is 80.2 cm³/mol. The molecule has 8 heteroatoms. The van der Waals surface area contributed by atoms with Crippen LogP contribution in [0.5, 0.6) is 5.75 Å². The van der Waals surface area contributed by atoms with Gasteiger partial charge in [0.2, 0.25) is 5.12 Å². The molecule has 0 aliphatic carbocycles. The highest BCUT2D eigenvalue weighted by Crippen LogP contribution is 2.21. The SMILES string of the molecule is O=C(SS(=O)Oc1ccccc1)c1ccc([N+](=O)[O-])cc1. The fourth-order valence-electron chi connectivity index (χ4n) is 1.40. The first-order chi connectivity index (χ1) is 10.1. The van der Waals surface area contributed by atoms with Crippen LogP contribution in [0.15, 0.2) is 54.6 Å². The van der Waals surface area contributed by atoms with E-state index in [2.05, 4.69) is 0 Å². The molecule has 2 aromatic rings. The van der Waals surface area contributed by atoms with Crippen LogP contribution in [0, 0.1) is 10.1 Å². The number of rotatable bonds is 5. The molecule has 0 N–H and O–H groups in total. The zero-order valence-corrected chi connectivity index (χ0v) is 12.1. The van der Waals surface area contributed by atoms with Crippen molar-refractivity contribution in [2.45, 2.75) is 0 Å². The van der Waals surface area contributed by atoms with Crippen molar-refractivity contribution in [2.24, 2.45) is 0 Å². The molecule has 2 rings (SSSR count). The molecule has 0 saturated carbocycles. The van der Waals surface area contributed by atoms with Crippen molar-refractivity contribution in [1.29, 1.82) is 0 Å². The lowest BCUT2D eigenvalue weighted by Gasteiger charge is -2.03. The second kappa shape index (κ2) is 7.00. The molecule has 0 amide bonds. The first-order valence-corrected chi connectivity index (χ1v) is 8.09. The Hall–Kier alpha value is -2.19. The molecule has 0 aliphatic rings. The Labute approximate surface area is 126 Å². The Kier molecular flexibility index (Phi) is 5.07. The van der Waals surface area contributed by atoms with E-state index in [9.17, 15) is 19.1 Å². The smallest absolute Gasteiger partial charge is 0.279 e. The Morgan fingerprint density at radius 2 is 1.71 bits per heavy atom. The minimum atomic E-state index is -1.88. The number of nitrogens with zero attached hydrogens (tertiary/aromatic N) is 1. The first-order valence-electron chi connectivity index (χ1n) is 5.68. The van der Waals surface area contributed by atoms with Crippen molar-refractivity contribution in [1.82, 2.24) is 0 Å². The molecule has 0 bridgehead atoms. The fraction of sp³-hybridized carbons (Fsp3) is 0. The number of hydrogen-bond acceptors (Lipinski definition) is 6. The second-order valence-electron chi connectivity index (χ2n) is 3.78. The summed E-state index contributed by atoms with van der Waals surface area (Å²) in [7, 11) is -1.38.